The molecule has 1 amide bonds. The summed E-state index contributed by atoms with van der Waals surface area (Å²) in [5.74, 6) is -0.249. The number of amides is 1. The summed E-state index contributed by atoms with van der Waals surface area (Å²) in [6.45, 7) is 0.517. The predicted molar refractivity (Wildman–Crippen MR) is 107 cm³/mol. The average Bonchev–Trinajstić information content (AvgIpc) is 2.83. The number of rotatable bonds is 6. The van der Waals surface area contributed by atoms with Crippen LogP contribution < -0.4 is 5.32 Å². The van der Waals surface area contributed by atoms with Crippen molar-refractivity contribution in [1.29, 1.82) is 0 Å². The summed E-state index contributed by atoms with van der Waals surface area (Å²) in [4.78, 5) is 25.2. The zero-order valence-electron chi connectivity index (χ0n) is 15.2. The molecule has 3 rings (SSSR count). The normalized spacial score (nSPS) is 20.1. The second-order valence-corrected chi connectivity index (χ2v) is 7.32. The average molecular weight is 386 g/mol. The number of anilines is 1. The molecule has 2 atom stereocenters. The predicted octanol–water partition coefficient (Wildman–Crippen LogP) is 4.67. The number of carbonyl (C=O) groups excluding carboxylic acids is 2. The summed E-state index contributed by atoms with van der Waals surface area (Å²) in [5, 5.41) is 3.34. The zero-order chi connectivity index (χ0) is 19.1. The molecule has 2 unspecified atom stereocenters. The molecule has 5 heteroatoms. The second kappa shape index (κ2) is 9.67. The second-order valence-electron chi connectivity index (χ2n) is 6.89. The molecule has 1 saturated heterocycles. The first-order chi connectivity index (χ1) is 13.1. The maximum atomic E-state index is 12.9. The summed E-state index contributed by atoms with van der Waals surface area (Å²) >= 11 is 5.94. The maximum Gasteiger partial charge on any atom is 0.227 e. The molecule has 142 valence electrons. The molecule has 1 N–H and O–H groups in total. The first kappa shape index (κ1) is 19.6. The third-order valence-electron chi connectivity index (χ3n) is 4.84. The fourth-order valence-corrected chi connectivity index (χ4v) is 3.61. The molecule has 0 radical (unpaired) electrons. The number of nitrogens with one attached hydrogen (secondary N) is 1. The number of ether oxygens (including phenoxy) is 1. The van der Waals surface area contributed by atoms with E-state index in [0.717, 1.165) is 25.7 Å². The minimum Gasteiger partial charge on any atom is -0.370 e. The highest BCUT2D eigenvalue weighted by Gasteiger charge is 2.31. The van der Waals surface area contributed by atoms with Gasteiger partial charge in [0.05, 0.1) is 6.42 Å². The topological polar surface area (TPSA) is 55.4 Å². The molecule has 1 heterocycles. The van der Waals surface area contributed by atoms with Gasteiger partial charge in [-0.05, 0) is 49.4 Å². The third kappa shape index (κ3) is 5.91. The number of hydrogen-bond donors (Lipinski definition) is 1. The van der Waals surface area contributed by atoms with E-state index < -0.39 is 6.10 Å². The van der Waals surface area contributed by atoms with E-state index in [1.165, 1.54) is 5.56 Å². The Labute approximate surface area is 164 Å². The van der Waals surface area contributed by atoms with Crippen LogP contribution in [0.25, 0.3) is 0 Å². The van der Waals surface area contributed by atoms with Gasteiger partial charge < -0.3 is 10.1 Å². The van der Waals surface area contributed by atoms with Crippen molar-refractivity contribution in [3.8, 4) is 0 Å². The number of benzene rings is 2. The van der Waals surface area contributed by atoms with Crippen LogP contribution >= 0.6 is 11.6 Å². The summed E-state index contributed by atoms with van der Waals surface area (Å²) in [6.07, 6.45) is 2.67. The first-order valence-corrected chi connectivity index (χ1v) is 9.74. The molecule has 0 bridgehead atoms. The van der Waals surface area contributed by atoms with Crippen molar-refractivity contribution >= 4 is 29.0 Å². The molecular formula is C22H24ClNO3. The number of hydrogen-bond acceptors (Lipinski definition) is 3. The zero-order valence-corrected chi connectivity index (χ0v) is 16.0. The van der Waals surface area contributed by atoms with Gasteiger partial charge >= 0.3 is 0 Å². The molecule has 0 aliphatic carbocycles. The Morgan fingerprint density at radius 2 is 1.96 bits per heavy atom. The minimum atomic E-state index is -0.674. The highest BCUT2D eigenvalue weighted by Crippen LogP contribution is 2.24. The Hall–Kier alpha value is -2.17. The smallest absolute Gasteiger partial charge is 0.227 e. The molecule has 4 nitrogen and oxygen atoms in total. The van der Waals surface area contributed by atoms with Gasteiger partial charge in [0.2, 0.25) is 5.91 Å². The Bertz CT molecular complexity index is 778. The van der Waals surface area contributed by atoms with E-state index in [2.05, 4.69) is 17.4 Å². The number of Topliss-reactive ketones (excluding diaryl/α,β-unsaturated/α-hetero) is 1. The van der Waals surface area contributed by atoms with Crippen molar-refractivity contribution < 1.29 is 14.3 Å². The van der Waals surface area contributed by atoms with Gasteiger partial charge in [0, 0.05) is 23.2 Å². The van der Waals surface area contributed by atoms with E-state index >= 15 is 0 Å². The monoisotopic (exact) mass is 385 g/mol. The fraction of sp³-hybridized carbons (Fsp3) is 0.364. The summed E-state index contributed by atoms with van der Waals surface area (Å²) in [7, 11) is 0. The number of aryl methyl sites for hydroxylation is 1. The molecule has 2 aromatic rings. The molecule has 1 fully saturated rings. The van der Waals surface area contributed by atoms with E-state index in [0.29, 0.717) is 17.3 Å². The molecule has 27 heavy (non-hydrogen) atoms. The Balaban J connectivity index is 1.57. The van der Waals surface area contributed by atoms with Crippen LogP contribution in [-0.2, 0) is 20.7 Å². The lowest BCUT2D eigenvalue weighted by molar-refractivity contribution is -0.136. The van der Waals surface area contributed by atoms with E-state index in [1.807, 2.05) is 18.2 Å². The standard InChI is InChI=1S/C22H24ClNO3/c23-18-9-4-10-19(14-18)24-21(25)15-20-22(26)17(8-5-13-27-20)12-11-16-6-2-1-3-7-16/h1-4,6-7,9-10,14,17,20H,5,8,11-13,15H2,(H,24,25). The van der Waals surface area contributed by atoms with Crippen molar-refractivity contribution in [3.63, 3.8) is 0 Å². The third-order valence-corrected chi connectivity index (χ3v) is 5.07. The van der Waals surface area contributed by atoms with Gasteiger partial charge in [-0.3, -0.25) is 9.59 Å². The van der Waals surface area contributed by atoms with Crippen LogP contribution in [0.4, 0.5) is 5.69 Å². The van der Waals surface area contributed by atoms with Gasteiger partial charge in [-0.25, -0.2) is 0 Å². The van der Waals surface area contributed by atoms with Crippen molar-refractivity contribution in [2.75, 3.05) is 11.9 Å². The van der Waals surface area contributed by atoms with Crippen molar-refractivity contribution in [2.45, 2.75) is 38.2 Å². The van der Waals surface area contributed by atoms with Crippen LogP contribution in [0.5, 0.6) is 0 Å². The summed E-state index contributed by atoms with van der Waals surface area (Å²) < 4.78 is 5.69. The van der Waals surface area contributed by atoms with Crippen LogP contribution in [0.2, 0.25) is 5.02 Å². The van der Waals surface area contributed by atoms with Gasteiger partial charge in [-0.2, -0.15) is 0 Å². The maximum absolute atomic E-state index is 12.9. The van der Waals surface area contributed by atoms with Gasteiger partial charge in [0.1, 0.15) is 6.10 Å². The Morgan fingerprint density at radius 1 is 1.15 bits per heavy atom. The molecule has 1 aliphatic rings. The SMILES string of the molecule is O=C(CC1OCCCC(CCc2ccccc2)C1=O)Nc1cccc(Cl)c1. The van der Waals surface area contributed by atoms with E-state index in [4.69, 9.17) is 16.3 Å². The van der Waals surface area contributed by atoms with Gasteiger partial charge in [0.25, 0.3) is 0 Å². The van der Waals surface area contributed by atoms with E-state index in [-0.39, 0.29) is 24.0 Å². The highest BCUT2D eigenvalue weighted by molar-refractivity contribution is 6.30. The largest absolute Gasteiger partial charge is 0.370 e. The van der Waals surface area contributed by atoms with Crippen LogP contribution in [0, 0.1) is 5.92 Å². The highest BCUT2D eigenvalue weighted by atomic mass is 35.5. The fourth-order valence-electron chi connectivity index (χ4n) is 3.42. The minimum absolute atomic E-state index is 0.0349. The lowest BCUT2D eigenvalue weighted by Crippen LogP contribution is -2.32. The quantitative estimate of drug-likeness (QED) is 0.786. The van der Waals surface area contributed by atoms with E-state index in [9.17, 15) is 9.59 Å². The van der Waals surface area contributed by atoms with Crippen LogP contribution in [0.1, 0.15) is 31.2 Å². The summed E-state index contributed by atoms with van der Waals surface area (Å²) in [6, 6.07) is 17.1. The number of carbonyl (C=O) groups is 2. The Morgan fingerprint density at radius 3 is 2.74 bits per heavy atom. The van der Waals surface area contributed by atoms with Crippen molar-refractivity contribution in [1.82, 2.24) is 0 Å². The van der Waals surface area contributed by atoms with Crippen LogP contribution in [0.3, 0.4) is 0 Å². The van der Waals surface area contributed by atoms with Gasteiger partial charge in [-0.15, -0.1) is 0 Å². The van der Waals surface area contributed by atoms with Crippen molar-refractivity contribution in [2.24, 2.45) is 5.92 Å². The van der Waals surface area contributed by atoms with Gasteiger partial charge in [-0.1, -0.05) is 48.0 Å². The van der Waals surface area contributed by atoms with Gasteiger partial charge in [0.15, 0.2) is 5.78 Å². The molecule has 0 aromatic heterocycles. The van der Waals surface area contributed by atoms with Crippen molar-refractivity contribution in [3.05, 3.63) is 65.2 Å². The van der Waals surface area contributed by atoms with Crippen LogP contribution in [-0.4, -0.2) is 24.4 Å². The lowest BCUT2D eigenvalue weighted by Gasteiger charge is -2.18. The number of ketones is 1. The molecule has 1 aliphatic heterocycles. The molecule has 0 spiro atoms. The summed E-state index contributed by atoms with van der Waals surface area (Å²) in [5.41, 5.74) is 1.85. The first-order valence-electron chi connectivity index (χ1n) is 9.36. The van der Waals surface area contributed by atoms with E-state index in [1.54, 1.807) is 24.3 Å². The lowest BCUT2D eigenvalue weighted by atomic mass is 9.89. The van der Waals surface area contributed by atoms with Crippen LogP contribution in [0.15, 0.2) is 54.6 Å². The molecule has 0 saturated carbocycles. The molecule has 2 aromatic carbocycles. The number of halogens is 1. The molecular weight excluding hydrogens is 362 g/mol. The Kier molecular flexibility index (Phi) is 7.02.